The van der Waals surface area contributed by atoms with Gasteiger partial charge in [0.2, 0.25) is 0 Å². The second kappa shape index (κ2) is 2.41. The van der Waals surface area contributed by atoms with Crippen molar-refractivity contribution in [2.24, 2.45) is 5.84 Å². The van der Waals surface area contributed by atoms with Gasteiger partial charge in [0, 0.05) is 6.20 Å². The minimum atomic E-state index is 0.803. The van der Waals surface area contributed by atoms with E-state index in [0.29, 0.717) is 0 Å². The summed E-state index contributed by atoms with van der Waals surface area (Å²) < 4.78 is 0. The maximum Gasteiger partial charge on any atom is 0.135 e. The number of nitrogens with two attached hydrogens (primary N) is 1. The molecule has 0 bridgehead atoms. The molecule has 4 nitrogen and oxygen atoms in total. The van der Waals surface area contributed by atoms with Crippen molar-refractivity contribution in [3.63, 3.8) is 0 Å². The molecule has 1 rings (SSSR count). The Kier molecular flexibility index (Phi) is 1.60. The SMILES string of the molecule is CC1=C(NN)NNC=C1. The molecule has 0 aliphatic carbocycles. The Morgan fingerprint density at radius 3 is 2.89 bits per heavy atom. The molecule has 5 N–H and O–H groups in total. The van der Waals surface area contributed by atoms with E-state index >= 15 is 0 Å². The van der Waals surface area contributed by atoms with Gasteiger partial charge >= 0.3 is 0 Å². The molecule has 0 atom stereocenters. The predicted octanol–water partition coefficient (Wildman–Crippen LogP) is -0.697. The van der Waals surface area contributed by atoms with Crippen LogP contribution in [0.5, 0.6) is 0 Å². The minimum absolute atomic E-state index is 0.803. The highest BCUT2D eigenvalue weighted by Gasteiger charge is 1.98. The lowest BCUT2D eigenvalue weighted by atomic mass is 10.3. The summed E-state index contributed by atoms with van der Waals surface area (Å²) in [5, 5.41) is 0. The Bertz CT molecular complexity index is 158. The maximum absolute atomic E-state index is 5.15. The number of nitrogens with one attached hydrogen (secondary N) is 3. The van der Waals surface area contributed by atoms with Gasteiger partial charge in [-0.2, -0.15) is 0 Å². The molecule has 50 valence electrons. The molecule has 0 aromatic rings. The van der Waals surface area contributed by atoms with Gasteiger partial charge in [0.15, 0.2) is 0 Å². The van der Waals surface area contributed by atoms with E-state index in [4.69, 9.17) is 5.84 Å². The van der Waals surface area contributed by atoms with Gasteiger partial charge in [0.25, 0.3) is 0 Å². The van der Waals surface area contributed by atoms with Crippen molar-refractivity contribution in [2.45, 2.75) is 6.92 Å². The highest BCUT2D eigenvalue weighted by Crippen LogP contribution is 1.99. The van der Waals surface area contributed by atoms with Crippen LogP contribution in [0.1, 0.15) is 6.92 Å². The topological polar surface area (TPSA) is 62.1 Å². The van der Waals surface area contributed by atoms with Crippen molar-refractivity contribution in [1.82, 2.24) is 16.3 Å². The number of hydrogen-bond acceptors (Lipinski definition) is 4. The van der Waals surface area contributed by atoms with Gasteiger partial charge in [0.05, 0.1) is 0 Å². The molecule has 0 spiro atoms. The molecule has 1 heterocycles. The van der Waals surface area contributed by atoms with E-state index in [0.717, 1.165) is 11.4 Å². The van der Waals surface area contributed by atoms with Crippen molar-refractivity contribution in [2.75, 3.05) is 0 Å². The fourth-order valence-corrected chi connectivity index (χ4v) is 0.612. The van der Waals surface area contributed by atoms with Crippen molar-refractivity contribution in [3.05, 3.63) is 23.7 Å². The summed E-state index contributed by atoms with van der Waals surface area (Å²) in [4.78, 5) is 0. The van der Waals surface area contributed by atoms with E-state index < -0.39 is 0 Å². The van der Waals surface area contributed by atoms with Crippen molar-refractivity contribution < 1.29 is 0 Å². The predicted molar refractivity (Wildman–Crippen MR) is 35.4 cm³/mol. The average molecular weight is 126 g/mol. The second-order valence-electron chi connectivity index (χ2n) is 1.81. The van der Waals surface area contributed by atoms with Crippen LogP contribution in [0.25, 0.3) is 0 Å². The maximum atomic E-state index is 5.15. The summed E-state index contributed by atoms with van der Waals surface area (Å²) in [7, 11) is 0. The number of rotatable bonds is 1. The van der Waals surface area contributed by atoms with E-state index in [1.807, 2.05) is 13.0 Å². The van der Waals surface area contributed by atoms with E-state index in [1.165, 1.54) is 0 Å². The summed E-state index contributed by atoms with van der Waals surface area (Å²) in [5.41, 5.74) is 9.20. The second-order valence-corrected chi connectivity index (χ2v) is 1.81. The number of hydrazine groups is 2. The van der Waals surface area contributed by atoms with Gasteiger partial charge in [0.1, 0.15) is 5.82 Å². The first-order valence-corrected chi connectivity index (χ1v) is 2.70. The summed E-state index contributed by atoms with van der Waals surface area (Å²) >= 11 is 0. The first kappa shape index (κ1) is 5.97. The molecule has 1 aliphatic rings. The summed E-state index contributed by atoms with van der Waals surface area (Å²) in [6.07, 6.45) is 3.72. The van der Waals surface area contributed by atoms with Gasteiger partial charge in [-0.25, -0.2) is 5.84 Å². The summed E-state index contributed by atoms with van der Waals surface area (Å²) in [5.74, 6) is 5.95. The third kappa shape index (κ3) is 1.14. The third-order valence-corrected chi connectivity index (χ3v) is 1.15. The van der Waals surface area contributed by atoms with Crippen molar-refractivity contribution >= 4 is 0 Å². The lowest BCUT2D eigenvalue weighted by Gasteiger charge is -2.15. The van der Waals surface area contributed by atoms with Gasteiger partial charge in [-0.15, -0.1) is 0 Å². The molecule has 0 saturated carbocycles. The molecule has 0 fully saturated rings. The zero-order valence-corrected chi connectivity index (χ0v) is 5.23. The van der Waals surface area contributed by atoms with E-state index in [1.54, 1.807) is 6.20 Å². The molecular weight excluding hydrogens is 116 g/mol. The number of hydrogen-bond donors (Lipinski definition) is 4. The molecule has 1 aliphatic heterocycles. The Hall–Kier alpha value is -1.16. The van der Waals surface area contributed by atoms with Crippen LogP contribution in [0.15, 0.2) is 23.7 Å². The van der Waals surface area contributed by atoms with Crippen LogP contribution in [0.2, 0.25) is 0 Å². The third-order valence-electron chi connectivity index (χ3n) is 1.15. The monoisotopic (exact) mass is 126 g/mol. The van der Waals surface area contributed by atoms with Crippen LogP contribution in [-0.4, -0.2) is 0 Å². The Balaban J connectivity index is 2.72. The van der Waals surface area contributed by atoms with E-state index in [-0.39, 0.29) is 0 Å². The average Bonchev–Trinajstić information content (AvgIpc) is 1.89. The molecular formula is C5H10N4. The Labute approximate surface area is 53.7 Å². The standard InChI is InChI=1S/C5H10N4/c1-4-2-3-7-9-5(4)8-6/h2-3,7-9H,6H2,1H3. The van der Waals surface area contributed by atoms with Crippen LogP contribution in [0.3, 0.4) is 0 Å². The minimum Gasteiger partial charge on any atom is -0.309 e. The van der Waals surface area contributed by atoms with Crippen molar-refractivity contribution in [1.29, 1.82) is 0 Å². The quantitative estimate of drug-likeness (QED) is 0.277. The fourth-order valence-electron chi connectivity index (χ4n) is 0.612. The summed E-state index contributed by atoms with van der Waals surface area (Å²) in [6.45, 7) is 1.96. The molecule has 0 aromatic carbocycles. The molecule has 0 amide bonds. The lowest BCUT2D eigenvalue weighted by Crippen LogP contribution is -2.39. The van der Waals surface area contributed by atoms with Crippen molar-refractivity contribution in [3.8, 4) is 0 Å². The van der Waals surface area contributed by atoms with Gasteiger partial charge in [-0.05, 0) is 18.6 Å². The highest BCUT2D eigenvalue weighted by molar-refractivity contribution is 5.23. The molecule has 0 saturated heterocycles. The first-order chi connectivity index (χ1) is 4.34. The first-order valence-electron chi connectivity index (χ1n) is 2.70. The largest absolute Gasteiger partial charge is 0.309 e. The summed E-state index contributed by atoms with van der Waals surface area (Å²) in [6, 6.07) is 0. The molecule has 9 heavy (non-hydrogen) atoms. The molecule has 0 radical (unpaired) electrons. The zero-order chi connectivity index (χ0) is 6.69. The van der Waals surface area contributed by atoms with Gasteiger partial charge in [-0.3, -0.25) is 5.43 Å². The van der Waals surface area contributed by atoms with Crippen LogP contribution >= 0.6 is 0 Å². The van der Waals surface area contributed by atoms with Crippen LogP contribution in [0.4, 0.5) is 0 Å². The smallest absolute Gasteiger partial charge is 0.135 e. The van der Waals surface area contributed by atoms with Crippen LogP contribution in [-0.2, 0) is 0 Å². The van der Waals surface area contributed by atoms with Crippen LogP contribution in [0, 0.1) is 0 Å². The number of allylic oxidation sites excluding steroid dienone is 2. The van der Waals surface area contributed by atoms with E-state index in [9.17, 15) is 0 Å². The molecule has 0 unspecified atom stereocenters. The van der Waals surface area contributed by atoms with Gasteiger partial charge < -0.3 is 10.9 Å². The zero-order valence-electron chi connectivity index (χ0n) is 5.23. The molecule has 0 aromatic heterocycles. The van der Waals surface area contributed by atoms with Crippen LogP contribution < -0.4 is 22.1 Å². The lowest BCUT2D eigenvalue weighted by molar-refractivity contribution is 0.634. The van der Waals surface area contributed by atoms with E-state index in [2.05, 4.69) is 16.3 Å². The Morgan fingerprint density at radius 2 is 2.44 bits per heavy atom. The Morgan fingerprint density at radius 1 is 1.67 bits per heavy atom. The fraction of sp³-hybridized carbons (Fsp3) is 0.200. The normalized spacial score (nSPS) is 16.7. The highest BCUT2D eigenvalue weighted by atomic mass is 15.4. The molecule has 4 heteroatoms. The van der Waals surface area contributed by atoms with Gasteiger partial charge in [-0.1, -0.05) is 0 Å².